The minimum Gasteiger partial charge on any atom is -0.488 e. The minimum atomic E-state index is -0.549. The minimum absolute atomic E-state index is 0.148. The number of hydrogen-bond acceptors (Lipinski definition) is 3. The molecular formula is C21H17FO3. The van der Waals surface area contributed by atoms with Crippen LogP contribution in [-0.4, -0.2) is 5.97 Å². The summed E-state index contributed by atoms with van der Waals surface area (Å²) in [4.78, 5) is 12.3. The van der Waals surface area contributed by atoms with Gasteiger partial charge in [0.15, 0.2) is 0 Å². The maximum Gasteiger partial charge on any atom is 0.342 e. The molecule has 3 aromatic carbocycles. The van der Waals surface area contributed by atoms with E-state index in [1.807, 2.05) is 60.7 Å². The predicted octanol–water partition coefficient (Wildman–Crippen LogP) is 4.76. The van der Waals surface area contributed by atoms with E-state index in [0.29, 0.717) is 0 Å². The highest BCUT2D eigenvalue weighted by molar-refractivity contribution is 5.92. The van der Waals surface area contributed by atoms with E-state index >= 15 is 0 Å². The lowest BCUT2D eigenvalue weighted by atomic mass is 10.2. The predicted molar refractivity (Wildman–Crippen MR) is 92.7 cm³/mol. The fraction of sp³-hybridized carbons (Fsp3) is 0.0952. The Labute approximate surface area is 145 Å². The third-order valence-electron chi connectivity index (χ3n) is 3.61. The zero-order chi connectivity index (χ0) is 17.5. The molecule has 25 heavy (non-hydrogen) atoms. The molecule has 0 heterocycles. The zero-order valence-electron chi connectivity index (χ0n) is 13.5. The molecule has 4 heteroatoms. The van der Waals surface area contributed by atoms with Crippen LogP contribution in [0.4, 0.5) is 4.39 Å². The lowest BCUT2D eigenvalue weighted by molar-refractivity contribution is 0.0467. The first-order valence-corrected chi connectivity index (χ1v) is 7.90. The maximum absolute atomic E-state index is 13.6. The van der Waals surface area contributed by atoms with Gasteiger partial charge < -0.3 is 9.47 Å². The Balaban J connectivity index is 1.70. The Kier molecular flexibility index (Phi) is 5.42. The summed E-state index contributed by atoms with van der Waals surface area (Å²) in [7, 11) is 0. The molecule has 0 atom stereocenters. The standard InChI is InChI=1S/C21H17FO3/c22-18-11-12-19(21(23)25-15-17-9-5-2-6-10-17)20(13-18)24-14-16-7-3-1-4-8-16/h1-13H,14-15H2. The maximum atomic E-state index is 13.6. The van der Waals surface area contributed by atoms with E-state index < -0.39 is 11.8 Å². The molecule has 0 aliphatic rings. The van der Waals surface area contributed by atoms with Crippen molar-refractivity contribution in [1.29, 1.82) is 0 Å². The van der Waals surface area contributed by atoms with Gasteiger partial charge in [-0.05, 0) is 23.3 Å². The van der Waals surface area contributed by atoms with Crippen molar-refractivity contribution in [3.05, 3.63) is 101 Å². The molecule has 0 unspecified atom stereocenters. The Morgan fingerprint density at radius 3 is 2.04 bits per heavy atom. The van der Waals surface area contributed by atoms with Crippen LogP contribution in [0.1, 0.15) is 21.5 Å². The summed E-state index contributed by atoms with van der Waals surface area (Å²) < 4.78 is 24.5. The first kappa shape index (κ1) is 16.7. The number of halogens is 1. The van der Waals surface area contributed by atoms with Crippen molar-refractivity contribution < 1.29 is 18.7 Å². The molecule has 0 bridgehead atoms. The van der Waals surface area contributed by atoms with Crippen LogP contribution in [0.15, 0.2) is 78.9 Å². The van der Waals surface area contributed by atoms with Crippen LogP contribution in [0.3, 0.4) is 0 Å². The smallest absolute Gasteiger partial charge is 0.342 e. The molecule has 0 radical (unpaired) electrons. The van der Waals surface area contributed by atoms with Crippen LogP contribution >= 0.6 is 0 Å². The number of hydrogen-bond donors (Lipinski definition) is 0. The summed E-state index contributed by atoms with van der Waals surface area (Å²) in [5.41, 5.74) is 2.01. The molecular weight excluding hydrogens is 319 g/mol. The van der Waals surface area contributed by atoms with Gasteiger partial charge in [0.2, 0.25) is 0 Å². The summed E-state index contributed by atoms with van der Waals surface area (Å²) in [5, 5.41) is 0. The van der Waals surface area contributed by atoms with Gasteiger partial charge in [0, 0.05) is 6.07 Å². The third-order valence-corrected chi connectivity index (χ3v) is 3.61. The van der Waals surface area contributed by atoms with Crippen LogP contribution in [0.25, 0.3) is 0 Å². The lowest BCUT2D eigenvalue weighted by Gasteiger charge is -2.12. The second-order valence-electron chi connectivity index (χ2n) is 5.48. The molecule has 0 aliphatic heterocycles. The Hall–Kier alpha value is -3.14. The molecule has 0 N–H and O–H groups in total. The fourth-order valence-electron chi connectivity index (χ4n) is 2.32. The van der Waals surface area contributed by atoms with Crippen LogP contribution < -0.4 is 4.74 Å². The first-order valence-electron chi connectivity index (χ1n) is 7.90. The quantitative estimate of drug-likeness (QED) is 0.609. The molecule has 0 fully saturated rings. The van der Waals surface area contributed by atoms with Gasteiger partial charge in [-0.15, -0.1) is 0 Å². The number of benzene rings is 3. The molecule has 0 aliphatic carbocycles. The van der Waals surface area contributed by atoms with Crippen molar-refractivity contribution >= 4 is 5.97 Å². The lowest BCUT2D eigenvalue weighted by Crippen LogP contribution is -2.08. The van der Waals surface area contributed by atoms with E-state index in [1.165, 1.54) is 18.2 Å². The SMILES string of the molecule is O=C(OCc1ccccc1)c1ccc(F)cc1OCc1ccccc1. The van der Waals surface area contributed by atoms with Crippen molar-refractivity contribution in [2.45, 2.75) is 13.2 Å². The molecule has 126 valence electrons. The average Bonchev–Trinajstić information content (AvgIpc) is 2.66. The number of rotatable bonds is 6. The van der Waals surface area contributed by atoms with Gasteiger partial charge in [-0.3, -0.25) is 0 Å². The van der Waals surface area contributed by atoms with Crippen molar-refractivity contribution in [3.63, 3.8) is 0 Å². The highest BCUT2D eigenvalue weighted by Gasteiger charge is 2.15. The van der Waals surface area contributed by atoms with Crippen molar-refractivity contribution in [2.24, 2.45) is 0 Å². The molecule has 3 aromatic rings. The van der Waals surface area contributed by atoms with Crippen molar-refractivity contribution in [3.8, 4) is 5.75 Å². The summed E-state index contributed by atoms with van der Waals surface area (Å²) >= 11 is 0. The van der Waals surface area contributed by atoms with Gasteiger partial charge in [0.05, 0.1) is 0 Å². The van der Waals surface area contributed by atoms with Crippen LogP contribution in [0.5, 0.6) is 5.75 Å². The number of esters is 1. The first-order chi connectivity index (χ1) is 12.2. The zero-order valence-corrected chi connectivity index (χ0v) is 13.5. The van der Waals surface area contributed by atoms with Crippen LogP contribution in [-0.2, 0) is 18.0 Å². The van der Waals surface area contributed by atoms with E-state index in [2.05, 4.69) is 0 Å². The third kappa shape index (κ3) is 4.67. The Bertz CT molecular complexity index is 832. The summed E-state index contributed by atoms with van der Waals surface area (Å²) in [6.45, 7) is 0.387. The van der Waals surface area contributed by atoms with Crippen molar-refractivity contribution in [1.82, 2.24) is 0 Å². The average molecular weight is 336 g/mol. The van der Waals surface area contributed by atoms with E-state index in [-0.39, 0.29) is 24.5 Å². The van der Waals surface area contributed by atoms with Crippen LogP contribution in [0, 0.1) is 5.82 Å². The monoisotopic (exact) mass is 336 g/mol. The Morgan fingerprint density at radius 2 is 1.40 bits per heavy atom. The fourth-order valence-corrected chi connectivity index (χ4v) is 2.32. The number of ether oxygens (including phenoxy) is 2. The molecule has 0 spiro atoms. The van der Waals surface area contributed by atoms with E-state index in [9.17, 15) is 9.18 Å². The van der Waals surface area contributed by atoms with Gasteiger partial charge >= 0.3 is 5.97 Å². The summed E-state index contributed by atoms with van der Waals surface area (Å²) in [6.07, 6.45) is 0. The molecule has 0 saturated heterocycles. The number of carbonyl (C=O) groups is 1. The highest BCUT2D eigenvalue weighted by Crippen LogP contribution is 2.22. The van der Waals surface area contributed by atoms with Crippen LogP contribution in [0.2, 0.25) is 0 Å². The molecule has 3 nitrogen and oxygen atoms in total. The number of carbonyl (C=O) groups excluding carboxylic acids is 1. The van der Waals surface area contributed by atoms with E-state index in [1.54, 1.807) is 0 Å². The van der Waals surface area contributed by atoms with Gasteiger partial charge in [0.1, 0.15) is 30.3 Å². The topological polar surface area (TPSA) is 35.5 Å². The molecule has 0 aromatic heterocycles. The second kappa shape index (κ2) is 8.11. The second-order valence-corrected chi connectivity index (χ2v) is 5.48. The molecule has 3 rings (SSSR count). The normalized spacial score (nSPS) is 10.3. The van der Waals surface area contributed by atoms with E-state index in [4.69, 9.17) is 9.47 Å². The molecule has 0 amide bonds. The Morgan fingerprint density at radius 1 is 0.800 bits per heavy atom. The largest absolute Gasteiger partial charge is 0.488 e. The highest BCUT2D eigenvalue weighted by atomic mass is 19.1. The van der Waals surface area contributed by atoms with Gasteiger partial charge in [-0.2, -0.15) is 0 Å². The van der Waals surface area contributed by atoms with Gasteiger partial charge in [0.25, 0.3) is 0 Å². The van der Waals surface area contributed by atoms with Gasteiger partial charge in [-0.1, -0.05) is 60.7 Å². The van der Waals surface area contributed by atoms with Crippen molar-refractivity contribution in [2.75, 3.05) is 0 Å². The summed E-state index contributed by atoms with van der Waals surface area (Å²) in [6, 6.07) is 22.6. The molecule has 0 saturated carbocycles. The summed E-state index contributed by atoms with van der Waals surface area (Å²) in [5.74, 6) is -0.850. The van der Waals surface area contributed by atoms with Gasteiger partial charge in [-0.25, -0.2) is 9.18 Å². The van der Waals surface area contributed by atoms with E-state index in [0.717, 1.165) is 11.1 Å².